The molecule has 0 aliphatic rings. The molecule has 0 spiro atoms. The van der Waals surface area contributed by atoms with E-state index in [2.05, 4.69) is 27.9 Å². The van der Waals surface area contributed by atoms with Gasteiger partial charge in [0.25, 0.3) is 0 Å². The highest BCUT2D eigenvalue weighted by atomic mass is 127. The van der Waals surface area contributed by atoms with Gasteiger partial charge in [0.05, 0.1) is 106 Å². The van der Waals surface area contributed by atoms with Crippen LogP contribution in [-0.2, 0) is 49.2 Å². The van der Waals surface area contributed by atoms with E-state index in [1.54, 1.807) is 0 Å². The fraction of sp³-hybridized carbons (Fsp3) is 0.731. The lowest BCUT2D eigenvalue weighted by atomic mass is 10.2. The third-order valence-corrected chi connectivity index (χ3v) is 4.99. The molecule has 12 heteroatoms. The molecule has 38 heavy (non-hydrogen) atoms. The van der Waals surface area contributed by atoms with E-state index in [1.807, 2.05) is 30.3 Å². The molecule has 0 atom stereocenters. The van der Waals surface area contributed by atoms with Crippen LogP contribution in [0.2, 0.25) is 0 Å². The minimum absolute atomic E-state index is 0.243. The van der Waals surface area contributed by atoms with Gasteiger partial charge in [-0.3, -0.25) is 0 Å². The summed E-state index contributed by atoms with van der Waals surface area (Å²) >= 11 is 2.27. The largest absolute Gasteiger partial charge is 0.445 e. The van der Waals surface area contributed by atoms with Crippen LogP contribution < -0.4 is 5.32 Å². The first-order valence-corrected chi connectivity index (χ1v) is 14.5. The topological polar surface area (TPSA) is 112 Å². The molecule has 0 radical (unpaired) electrons. The van der Waals surface area contributed by atoms with Crippen LogP contribution in [0.1, 0.15) is 5.56 Å². The van der Waals surface area contributed by atoms with Crippen molar-refractivity contribution in [3.8, 4) is 0 Å². The second kappa shape index (κ2) is 28.9. The summed E-state index contributed by atoms with van der Waals surface area (Å²) < 4.78 is 49.4. The number of halogens is 1. The number of carbonyl (C=O) groups is 1. The van der Waals surface area contributed by atoms with Crippen molar-refractivity contribution in [3.63, 3.8) is 0 Å². The van der Waals surface area contributed by atoms with Crippen LogP contribution in [0.4, 0.5) is 4.79 Å². The van der Waals surface area contributed by atoms with E-state index in [9.17, 15) is 4.79 Å². The summed E-state index contributed by atoms with van der Waals surface area (Å²) in [4.78, 5) is 11.6. The van der Waals surface area contributed by atoms with Crippen molar-refractivity contribution in [1.82, 2.24) is 5.32 Å². The van der Waals surface area contributed by atoms with E-state index in [1.165, 1.54) is 0 Å². The van der Waals surface area contributed by atoms with Gasteiger partial charge in [-0.05, 0) is 5.56 Å². The third-order valence-electron chi connectivity index (χ3n) is 4.55. The molecule has 1 amide bonds. The Morgan fingerprint density at radius 3 is 1.32 bits per heavy atom. The van der Waals surface area contributed by atoms with E-state index in [0.29, 0.717) is 106 Å². The van der Waals surface area contributed by atoms with E-state index in [0.717, 1.165) is 16.6 Å². The normalized spacial score (nSPS) is 11.1. The summed E-state index contributed by atoms with van der Waals surface area (Å²) in [5.41, 5.74) is 0.942. The third kappa shape index (κ3) is 25.2. The second-order valence-corrected chi connectivity index (χ2v) is 8.66. The summed E-state index contributed by atoms with van der Waals surface area (Å²) in [6, 6.07) is 9.51. The van der Waals surface area contributed by atoms with Crippen molar-refractivity contribution in [2.75, 3.05) is 117 Å². The molecule has 0 bridgehead atoms. The van der Waals surface area contributed by atoms with Gasteiger partial charge in [-0.2, -0.15) is 0 Å². The van der Waals surface area contributed by atoms with Gasteiger partial charge >= 0.3 is 6.09 Å². The van der Waals surface area contributed by atoms with Crippen molar-refractivity contribution in [1.29, 1.82) is 0 Å². The van der Waals surface area contributed by atoms with Crippen LogP contribution in [0, 0.1) is 0 Å². The van der Waals surface area contributed by atoms with Gasteiger partial charge < -0.3 is 47.9 Å². The predicted octanol–water partition coefficient (Wildman–Crippen LogP) is 2.48. The number of alkyl carbamates (subject to hydrolysis) is 1. The first-order valence-electron chi connectivity index (χ1n) is 13.0. The SMILES string of the molecule is O=C(NCCOCCOCCOCCOCCOCCOCCOCCOCCI)OCc1ccccc1. The molecule has 0 saturated carbocycles. The van der Waals surface area contributed by atoms with Crippen molar-refractivity contribution in [3.05, 3.63) is 35.9 Å². The molecular formula is C26H44INO10. The lowest BCUT2D eigenvalue weighted by Crippen LogP contribution is -2.28. The van der Waals surface area contributed by atoms with Crippen LogP contribution in [0.3, 0.4) is 0 Å². The highest BCUT2D eigenvalue weighted by Crippen LogP contribution is 2.00. The molecule has 0 aliphatic heterocycles. The molecule has 11 nitrogen and oxygen atoms in total. The molecule has 0 saturated heterocycles. The average molecular weight is 658 g/mol. The van der Waals surface area contributed by atoms with Gasteiger partial charge in [0.1, 0.15) is 6.61 Å². The number of amides is 1. The molecule has 1 N–H and O–H groups in total. The zero-order valence-corrected chi connectivity index (χ0v) is 24.4. The molecule has 1 aromatic carbocycles. The molecule has 0 heterocycles. The molecule has 0 aromatic heterocycles. The number of ether oxygens (including phenoxy) is 9. The highest BCUT2D eigenvalue weighted by Gasteiger charge is 2.01. The Bertz CT molecular complexity index is 629. The maximum atomic E-state index is 11.6. The molecule has 1 aromatic rings. The number of rotatable bonds is 28. The Kier molecular flexibility index (Phi) is 26.6. The minimum atomic E-state index is -0.464. The van der Waals surface area contributed by atoms with Gasteiger partial charge in [-0.25, -0.2) is 4.79 Å². The molecular weight excluding hydrogens is 613 g/mol. The lowest BCUT2D eigenvalue weighted by molar-refractivity contribution is -0.0227. The fourth-order valence-corrected chi connectivity index (χ4v) is 3.01. The number of hydrogen-bond acceptors (Lipinski definition) is 10. The highest BCUT2D eigenvalue weighted by molar-refractivity contribution is 14.1. The van der Waals surface area contributed by atoms with Crippen LogP contribution in [0.15, 0.2) is 30.3 Å². The Morgan fingerprint density at radius 2 is 0.921 bits per heavy atom. The molecule has 1 rings (SSSR count). The summed E-state index contributed by atoms with van der Waals surface area (Å²) in [6.07, 6.45) is -0.464. The number of hydrogen-bond donors (Lipinski definition) is 1. The minimum Gasteiger partial charge on any atom is -0.445 e. The van der Waals surface area contributed by atoms with Crippen LogP contribution in [0.25, 0.3) is 0 Å². The van der Waals surface area contributed by atoms with Crippen molar-refractivity contribution >= 4 is 28.7 Å². The van der Waals surface area contributed by atoms with Gasteiger partial charge in [0.2, 0.25) is 0 Å². The maximum absolute atomic E-state index is 11.6. The molecule has 0 fully saturated rings. The zero-order valence-electron chi connectivity index (χ0n) is 22.3. The first-order chi connectivity index (χ1) is 18.8. The number of alkyl halides is 1. The summed E-state index contributed by atoms with van der Waals surface area (Å²) in [5.74, 6) is 0. The van der Waals surface area contributed by atoms with Crippen LogP contribution in [-0.4, -0.2) is 123 Å². The Hall–Kier alpha value is -1.10. The summed E-state index contributed by atoms with van der Waals surface area (Å²) in [6.45, 7) is 9.04. The van der Waals surface area contributed by atoms with Crippen molar-refractivity contribution < 1.29 is 47.4 Å². The molecule has 0 unspecified atom stereocenters. The van der Waals surface area contributed by atoms with Crippen molar-refractivity contribution in [2.45, 2.75) is 6.61 Å². The first kappa shape index (κ1) is 34.9. The fourth-order valence-electron chi connectivity index (χ4n) is 2.70. The Balaban J connectivity index is 1.67. The number of nitrogens with one attached hydrogen (secondary N) is 1. The lowest BCUT2D eigenvalue weighted by Gasteiger charge is -2.09. The monoisotopic (exact) mass is 657 g/mol. The van der Waals surface area contributed by atoms with E-state index < -0.39 is 6.09 Å². The summed E-state index contributed by atoms with van der Waals surface area (Å²) in [5, 5.41) is 2.64. The molecule has 0 aliphatic carbocycles. The zero-order chi connectivity index (χ0) is 27.2. The summed E-state index contributed by atoms with van der Waals surface area (Å²) in [7, 11) is 0. The van der Waals surface area contributed by atoms with Crippen LogP contribution >= 0.6 is 22.6 Å². The van der Waals surface area contributed by atoms with Gasteiger partial charge in [-0.1, -0.05) is 52.9 Å². The van der Waals surface area contributed by atoms with Gasteiger partial charge in [0, 0.05) is 11.0 Å². The van der Waals surface area contributed by atoms with Gasteiger partial charge in [0.15, 0.2) is 0 Å². The smallest absolute Gasteiger partial charge is 0.407 e. The standard InChI is InChI=1S/C26H44INO10/c27-6-8-30-10-12-32-14-16-34-18-20-36-22-23-37-21-19-35-17-15-33-13-11-31-9-7-28-26(29)38-24-25-4-2-1-3-5-25/h1-5H,6-24H2,(H,28,29). The molecule has 220 valence electrons. The second-order valence-electron chi connectivity index (χ2n) is 7.58. The van der Waals surface area contributed by atoms with E-state index >= 15 is 0 Å². The Labute approximate surface area is 240 Å². The average Bonchev–Trinajstić information content (AvgIpc) is 2.94. The van der Waals surface area contributed by atoms with Crippen molar-refractivity contribution in [2.24, 2.45) is 0 Å². The van der Waals surface area contributed by atoms with Crippen LogP contribution in [0.5, 0.6) is 0 Å². The van der Waals surface area contributed by atoms with E-state index in [4.69, 9.17) is 42.6 Å². The predicted molar refractivity (Wildman–Crippen MR) is 150 cm³/mol. The quantitative estimate of drug-likeness (QED) is 0.0820. The number of carbonyl (C=O) groups excluding carboxylic acids is 1. The van der Waals surface area contributed by atoms with E-state index in [-0.39, 0.29) is 6.61 Å². The maximum Gasteiger partial charge on any atom is 0.407 e. The Morgan fingerprint density at radius 1 is 0.553 bits per heavy atom. The van der Waals surface area contributed by atoms with Gasteiger partial charge in [-0.15, -0.1) is 0 Å². The number of benzene rings is 1.